The summed E-state index contributed by atoms with van der Waals surface area (Å²) in [7, 11) is 1.70. The maximum atomic E-state index is 6.25. The first-order valence-corrected chi connectivity index (χ1v) is 7.42. The minimum atomic E-state index is 0.0868. The van der Waals surface area contributed by atoms with Gasteiger partial charge < -0.3 is 10.1 Å². The molecular weight excluding hydrogens is 373 g/mol. The Labute approximate surface area is 132 Å². The van der Waals surface area contributed by atoms with Crippen molar-refractivity contribution in [1.29, 1.82) is 0 Å². The van der Waals surface area contributed by atoms with Gasteiger partial charge in [-0.2, -0.15) is 0 Å². The van der Waals surface area contributed by atoms with Gasteiger partial charge in [0.15, 0.2) is 0 Å². The van der Waals surface area contributed by atoms with Crippen LogP contribution in [0.4, 0.5) is 5.69 Å². The van der Waals surface area contributed by atoms with E-state index in [4.69, 9.17) is 16.3 Å². The van der Waals surface area contributed by atoms with Crippen LogP contribution >= 0.6 is 34.2 Å². The van der Waals surface area contributed by atoms with E-state index in [-0.39, 0.29) is 6.04 Å². The Morgan fingerprint density at radius 2 is 1.95 bits per heavy atom. The molecule has 100 valence electrons. The van der Waals surface area contributed by atoms with Crippen LogP contribution in [-0.4, -0.2) is 13.7 Å². The Bertz CT molecular complexity index is 533. The molecule has 2 rings (SSSR count). The minimum Gasteiger partial charge on any atom is -0.382 e. The Morgan fingerprint density at radius 1 is 1.21 bits per heavy atom. The van der Waals surface area contributed by atoms with Gasteiger partial charge in [-0.15, -0.1) is 0 Å². The summed E-state index contributed by atoms with van der Waals surface area (Å²) in [5.74, 6) is 0. The van der Waals surface area contributed by atoms with Crippen LogP contribution in [0.3, 0.4) is 0 Å². The van der Waals surface area contributed by atoms with E-state index in [1.165, 1.54) is 5.56 Å². The highest BCUT2D eigenvalue weighted by Crippen LogP contribution is 2.28. The summed E-state index contributed by atoms with van der Waals surface area (Å²) in [6.45, 7) is 0.590. The van der Waals surface area contributed by atoms with Gasteiger partial charge >= 0.3 is 0 Å². The third-order valence-electron chi connectivity index (χ3n) is 2.80. The molecule has 0 aliphatic heterocycles. The van der Waals surface area contributed by atoms with Crippen molar-refractivity contribution in [3.05, 3.63) is 62.7 Å². The van der Waals surface area contributed by atoms with Crippen LogP contribution < -0.4 is 5.32 Å². The SMILES string of the molecule is COCC(Nc1ccc(I)cc1Cl)c1ccccc1. The van der Waals surface area contributed by atoms with Crippen molar-refractivity contribution >= 4 is 39.9 Å². The van der Waals surface area contributed by atoms with Crippen LogP contribution in [0.1, 0.15) is 11.6 Å². The maximum Gasteiger partial charge on any atom is 0.0748 e. The van der Waals surface area contributed by atoms with Crippen LogP contribution in [0.15, 0.2) is 48.5 Å². The summed E-state index contributed by atoms with van der Waals surface area (Å²) in [5, 5.41) is 4.16. The quantitative estimate of drug-likeness (QED) is 0.748. The second kappa shape index (κ2) is 7.12. The average Bonchev–Trinajstić information content (AvgIpc) is 2.42. The van der Waals surface area contributed by atoms with E-state index in [1.807, 2.05) is 36.4 Å². The van der Waals surface area contributed by atoms with Gasteiger partial charge in [-0.3, -0.25) is 0 Å². The molecule has 2 nitrogen and oxygen atoms in total. The normalized spacial score (nSPS) is 12.2. The van der Waals surface area contributed by atoms with Crippen molar-refractivity contribution < 1.29 is 4.74 Å². The number of nitrogens with one attached hydrogen (secondary N) is 1. The van der Waals surface area contributed by atoms with E-state index < -0.39 is 0 Å². The molecule has 0 amide bonds. The van der Waals surface area contributed by atoms with Gasteiger partial charge in [0, 0.05) is 10.7 Å². The summed E-state index contributed by atoms with van der Waals surface area (Å²) in [6, 6.07) is 16.3. The van der Waals surface area contributed by atoms with E-state index in [9.17, 15) is 0 Å². The fraction of sp³-hybridized carbons (Fsp3) is 0.200. The highest BCUT2D eigenvalue weighted by Gasteiger charge is 2.12. The van der Waals surface area contributed by atoms with E-state index in [1.54, 1.807) is 7.11 Å². The maximum absolute atomic E-state index is 6.25. The number of methoxy groups -OCH3 is 1. The molecule has 0 heterocycles. The van der Waals surface area contributed by atoms with E-state index in [0.717, 1.165) is 14.3 Å². The molecule has 0 saturated heterocycles. The lowest BCUT2D eigenvalue weighted by atomic mass is 10.1. The van der Waals surface area contributed by atoms with Crippen LogP contribution in [0, 0.1) is 3.57 Å². The van der Waals surface area contributed by atoms with Crippen molar-refractivity contribution in [2.24, 2.45) is 0 Å². The van der Waals surface area contributed by atoms with E-state index in [2.05, 4.69) is 40.0 Å². The zero-order chi connectivity index (χ0) is 13.7. The summed E-state index contributed by atoms with van der Waals surface area (Å²) in [5.41, 5.74) is 2.10. The van der Waals surface area contributed by atoms with Crippen LogP contribution in [0.2, 0.25) is 5.02 Å². The summed E-state index contributed by atoms with van der Waals surface area (Å²) in [6.07, 6.45) is 0. The third kappa shape index (κ3) is 4.09. The van der Waals surface area contributed by atoms with Gasteiger partial charge in [-0.1, -0.05) is 41.9 Å². The van der Waals surface area contributed by atoms with Gasteiger partial charge in [0.25, 0.3) is 0 Å². The first kappa shape index (κ1) is 14.6. The fourth-order valence-electron chi connectivity index (χ4n) is 1.87. The standard InChI is InChI=1S/C15H15ClINO/c1-19-10-15(11-5-3-2-4-6-11)18-14-8-7-12(17)9-13(14)16/h2-9,15,18H,10H2,1H3. The van der Waals surface area contributed by atoms with Gasteiger partial charge in [0.1, 0.15) is 0 Å². The van der Waals surface area contributed by atoms with Crippen molar-refractivity contribution in [2.75, 3.05) is 19.0 Å². The predicted octanol–water partition coefficient (Wildman–Crippen LogP) is 4.74. The molecule has 1 N–H and O–H groups in total. The Kier molecular flexibility index (Phi) is 5.48. The second-order valence-corrected chi connectivity index (χ2v) is 5.84. The second-order valence-electron chi connectivity index (χ2n) is 4.19. The van der Waals surface area contributed by atoms with Crippen molar-refractivity contribution in [2.45, 2.75) is 6.04 Å². The molecule has 1 unspecified atom stereocenters. The molecule has 0 aliphatic carbocycles. The Balaban J connectivity index is 2.21. The molecule has 2 aromatic rings. The number of hydrogen-bond acceptors (Lipinski definition) is 2. The van der Waals surface area contributed by atoms with E-state index in [0.29, 0.717) is 6.61 Å². The molecule has 0 saturated carbocycles. The monoisotopic (exact) mass is 387 g/mol. The molecule has 19 heavy (non-hydrogen) atoms. The lowest BCUT2D eigenvalue weighted by Gasteiger charge is -2.20. The van der Waals surface area contributed by atoms with Gasteiger partial charge in [0.2, 0.25) is 0 Å². The first-order valence-electron chi connectivity index (χ1n) is 5.96. The number of ether oxygens (including phenoxy) is 1. The highest BCUT2D eigenvalue weighted by molar-refractivity contribution is 14.1. The Hall–Kier alpha value is -0.780. The molecule has 4 heteroatoms. The van der Waals surface area contributed by atoms with Crippen LogP contribution in [0.25, 0.3) is 0 Å². The molecule has 0 radical (unpaired) electrons. The van der Waals surface area contributed by atoms with Gasteiger partial charge in [-0.05, 0) is 46.4 Å². The number of halogens is 2. The fourth-order valence-corrected chi connectivity index (χ4v) is 2.78. The number of rotatable bonds is 5. The largest absolute Gasteiger partial charge is 0.382 e. The zero-order valence-corrected chi connectivity index (χ0v) is 13.5. The topological polar surface area (TPSA) is 21.3 Å². The third-order valence-corrected chi connectivity index (χ3v) is 3.78. The van der Waals surface area contributed by atoms with Gasteiger partial charge in [-0.25, -0.2) is 0 Å². The molecule has 1 atom stereocenters. The lowest BCUT2D eigenvalue weighted by Crippen LogP contribution is -2.16. The van der Waals surface area contributed by atoms with Crippen LogP contribution in [0.5, 0.6) is 0 Å². The van der Waals surface area contributed by atoms with Crippen LogP contribution in [-0.2, 0) is 4.74 Å². The van der Waals surface area contributed by atoms with Gasteiger partial charge in [0.05, 0.1) is 23.4 Å². The first-order chi connectivity index (χ1) is 9.20. The predicted molar refractivity (Wildman–Crippen MR) is 88.9 cm³/mol. The zero-order valence-electron chi connectivity index (χ0n) is 10.6. The average molecular weight is 388 g/mol. The summed E-state index contributed by atoms with van der Waals surface area (Å²) in [4.78, 5) is 0. The lowest BCUT2D eigenvalue weighted by molar-refractivity contribution is 0.186. The van der Waals surface area contributed by atoms with E-state index >= 15 is 0 Å². The smallest absolute Gasteiger partial charge is 0.0748 e. The van der Waals surface area contributed by atoms with Crippen molar-refractivity contribution in [3.63, 3.8) is 0 Å². The molecular formula is C15H15ClINO. The number of anilines is 1. The molecule has 0 aromatic heterocycles. The number of benzene rings is 2. The molecule has 0 bridgehead atoms. The number of hydrogen-bond donors (Lipinski definition) is 1. The minimum absolute atomic E-state index is 0.0868. The molecule has 0 fully saturated rings. The summed E-state index contributed by atoms with van der Waals surface area (Å²) >= 11 is 8.50. The molecule has 0 aliphatic rings. The molecule has 2 aromatic carbocycles. The van der Waals surface area contributed by atoms with Crippen molar-refractivity contribution in [1.82, 2.24) is 0 Å². The van der Waals surface area contributed by atoms with Crippen molar-refractivity contribution in [3.8, 4) is 0 Å². The Morgan fingerprint density at radius 3 is 2.58 bits per heavy atom. The summed E-state index contributed by atoms with van der Waals surface area (Å²) < 4.78 is 6.41. The molecule has 0 spiro atoms. The highest BCUT2D eigenvalue weighted by atomic mass is 127.